The molecule has 4 aromatic rings. The Bertz CT molecular complexity index is 735. The Balaban J connectivity index is 0. The fourth-order valence-electron chi connectivity index (χ4n) is 2.14. The Morgan fingerprint density at radius 2 is 0.867 bits per heavy atom. The summed E-state index contributed by atoms with van der Waals surface area (Å²) in [7, 11) is 10.1. The van der Waals surface area contributed by atoms with Gasteiger partial charge in [-0.25, -0.2) is 0 Å². The summed E-state index contributed by atoms with van der Waals surface area (Å²) in [6.07, 6.45) is 0. The van der Waals surface area contributed by atoms with E-state index in [1.807, 2.05) is 0 Å². The van der Waals surface area contributed by atoms with E-state index in [9.17, 15) is 0 Å². The molecule has 0 nitrogen and oxygen atoms in total. The van der Waals surface area contributed by atoms with Gasteiger partial charge in [0.15, 0.2) is 0 Å². The predicted octanol–water partition coefficient (Wildman–Crippen LogP) is 8.85. The topological polar surface area (TPSA) is 0 Å². The van der Waals surface area contributed by atoms with Gasteiger partial charge >= 0.3 is 37.9 Å². The van der Waals surface area contributed by atoms with Crippen LogP contribution in [0, 0.1) is 0 Å². The first-order valence-corrected chi connectivity index (χ1v) is 21.9. The van der Waals surface area contributed by atoms with Gasteiger partial charge in [-0.3, -0.25) is 0 Å². The Morgan fingerprint density at radius 1 is 0.600 bits per heavy atom. The molecule has 0 amide bonds. The molecule has 0 aliphatic rings. The van der Waals surface area contributed by atoms with Crippen LogP contribution in [0.15, 0.2) is 84.9 Å². The Hall–Kier alpha value is -0.226. The average molecular weight is 567 g/mol. The van der Waals surface area contributed by atoms with Gasteiger partial charge in [0.2, 0.25) is 0 Å². The molecule has 0 unspecified atom stereocenters. The van der Waals surface area contributed by atoms with Crippen LogP contribution in [0.1, 0.15) is 0 Å². The van der Waals surface area contributed by atoms with Crippen molar-refractivity contribution >= 4 is 67.1 Å². The smallest absolute Gasteiger partial charge is 0 e. The molecule has 4 rings (SSSR count). The molecule has 0 aliphatic carbocycles. The van der Waals surface area contributed by atoms with Crippen LogP contribution >= 0.6 is 17.0 Å². The van der Waals surface area contributed by atoms with Crippen molar-refractivity contribution in [3.63, 3.8) is 0 Å². The van der Waals surface area contributed by atoms with Gasteiger partial charge in [0.1, 0.15) is 0 Å². The number of hydrogen-bond donors (Lipinski definition) is 0. The maximum Gasteiger partial charge on any atom is 0 e. The third-order valence-electron chi connectivity index (χ3n) is 3.10. The Kier molecular flexibility index (Phi) is 22.0. The molecule has 0 spiro atoms. The zero-order chi connectivity index (χ0) is 22.1. The number of hydrogen-bond acceptors (Lipinski definition) is 0. The maximum atomic E-state index is 4.93. The van der Waals surface area contributed by atoms with Crippen molar-refractivity contribution in [2.45, 2.75) is 39.3 Å². The third-order valence-corrected chi connectivity index (χ3v) is 3.10. The van der Waals surface area contributed by atoms with E-state index in [4.69, 9.17) is 17.0 Å². The normalized spacial score (nSPS) is 8.87. The second-order valence-electron chi connectivity index (χ2n) is 7.38. The Morgan fingerprint density at radius 3 is 1.13 bits per heavy atom. The molecule has 158 valence electrons. The fourth-order valence-corrected chi connectivity index (χ4v) is 2.14. The van der Waals surface area contributed by atoms with E-state index < -0.39 is 20.8 Å². The van der Waals surface area contributed by atoms with Gasteiger partial charge < -0.3 is 0 Å². The molecule has 0 saturated heterocycles. The van der Waals surface area contributed by atoms with Crippen molar-refractivity contribution in [2.75, 3.05) is 0 Å². The van der Waals surface area contributed by atoms with E-state index >= 15 is 0 Å². The predicted molar refractivity (Wildman–Crippen MR) is 143 cm³/mol. The molecular weight excluding hydrogens is 535 g/mol. The van der Waals surface area contributed by atoms with Gasteiger partial charge in [0, 0.05) is 28.6 Å². The van der Waals surface area contributed by atoms with Crippen molar-refractivity contribution in [1.82, 2.24) is 0 Å². The molecule has 0 bridgehead atoms. The molecule has 6 radical (unpaired) electrons. The second-order valence-corrected chi connectivity index (χ2v) is 17.1. The van der Waals surface area contributed by atoms with E-state index in [0.29, 0.717) is 0 Å². The summed E-state index contributed by atoms with van der Waals surface area (Å²) in [6, 6.07) is 29.3. The largest absolute Gasteiger partial charge is 0.168 e. The molecule has 0 fully saturated rings. The summed E-state index contributed by atoms with van der Waals surface area (Å²) >= 11 is -0.826. The van der Waals surface area contributed by atoms with Crippen molar-refractivity contribution in [2.24, 2.45) is 0 Å². The quantitative estimate of drug-likeness (QED) is 0.147. The SMILES string of the molecule is C[Si](C)C.C[Si](C)C.[Cl][Zr+2][Cl].[Si].c1ccc2[cH-]ccc2c1.c1ccc2[cH-]ccc2c1. The number of halogens is 2. The summed E-state index contributed by atoms with van der Waals surface area (Å²) in [5.41, 5.74) is 0. The van der Waals surface area contributed by atoms with Gasteiger partial charge in [-0.05, 0) is 0 Å². The third kappa shape index (κ3) is 17.5. The van der Waals surface area contributed by atoms with Crippen LogP contribution in [0.2, 0.25) is 39.3 Å². The van der Waals surface area contributed by atoms with Crippen LogP contribution in [-0.2, 0) is 20.8 Å². The molecule has 0 heterocycles. The summed E-state index contributed by atoms with van der Waals surface area (Å²) in [6.45, 7) is 13.6. The number of rotatable bonds is 0. The molecule has 0 aliphatic heterocycles. The second kappa shape index (κ2) is 20.7. The van der Waals surface area contributed by atoms with Crippen LogP contribution in [-0.4, -0.2) is 28.6 Å². The van der Waals surface area contributed by atoms with Crippen LogP contribution in [0.4, 0.5) is 0 Å². The average Bonchev–Trinajstić information content (AvgIpc) is 3.31. The standard InChI is InChI=1S/2C9H7.2C3H9Si.2ClH.Si.Zr/c2*1-2-5-9-7-3-6-8(9)4-1;2*1-4(2)3;;;;/h2*1-7H;2*1-3H3;2*1H;;/q2*-1;;;;;;+4/p-2. The van der Waals surface area contributed by atoms with Crippen molar-refractivity contribution in [1.29, 1.82) is 0 Å². The summed E-state index contributed by atoms with van der Waals surface area (Å²) in [5, 5.41) is 5.32. The zero-order valence-corrected chi connectivity index (χ0v) is 25.8. The Labute approximate surface area is 210 Å². The molecule has 0 saturated carbocycles. The van der Waals surface area contributed by atoms with Crippen LogP contribution < -0.4 is 0 Å². The van der Waals surface area contributed by atoms with E-state index in [0.717, 1.165) is 0 Å². The van der Waals surface area contributed by atoms with Crippen LogP contribution in [0.25, 0.3) is 21.5 Å². The minimum atomic E-state index is -0.826. The van der Waals surface area contributed by atoms with Gasteiger partial charge in [0.05, 0.1) is 0 Å². The van der Waals surface area contributed by atoms with Crippen molar-refractivity contribution in [3.05, 3.63) is 84.9 Å². The first kappa shape index (κ1) is 32.0. The molecule has 30 heavy (non-hydrogen) atoms. The van der Waals surface area contributed by atoms with Crippen LogP contribution in [0.5, 0.6) is 0 Å². The number of benzene rings is 2. The zero-order valence-electron chi connectivity index (χ0n) is 18.8. The van der Waals surface area contributed by atoms with Crippen molar-refractivity contribution < 1.29 is 20.8 Å². The number of fused-ring (bicyclic) bond motifs is 2. The first-order chi connectivity index (χ1) is 13.8. The molecule has 4 aromatic carbocycles. The van der Waals surface area contributed by atoms with Gasteiger partial charge in [-0.1, -0.05) is 51.4 Å². The van der Waals surface area contributed by atoms with Gasteiger partial charge in [-0.2, -0.15) is 35.0 Å². The van der Waals surface area contributed by atoms with Crippen molar-refractivity contribution in [3.8, 4) is 0 Å². The summed E-state index contributed by atoms with van der Waals surface area (Å²) in [5.74, 6) is 0. The molecule has 0 atom stereocenters. The van der Waals surface area contributed by atoms with Gasteiger partial charge in [0.25, 0.3) is 0 Å². The molecule has 6 heteroatoms. The first-order valence-electron chi connectivity index (χ1n) is 9.52. The fraction of sp³-hybridized carbons (Fsp3) is 0.250. The molecule has 0 N–H and O–H groups in total. The maximum absolute atomic E-state index is 4.93. The van der Waals surface area contributed by atoms with E-state index in [1.165, 1.54) is 21.5 Å². The van der Waals surface area contributed by atoms with E-state index in [2.05, 4.69) is 124 Å². The summed E-state index contributed by atoms with van der Waals surface area (Å²) in [4.78, 5) is 0. The van der Waals surface area contributed by atoms with E-state index in [-0.39, 0.29) is 28.6 Å². The minimum Gasteiger partial charge on any atom is -0.168 e. The summed E-state index contributed by atoms with van der Waals surface area (Å²) < 4.78 is 0. The monoisotopic (exact) mass is 564 g/mol. The molecule has 0 aromatic heterocycles. The minimum absolute atomic E-state index is 0. The molecular formula is C24H32Cl2Si3Zr. The van der Waals surface area contributed by atoms with Crippen LogP contribution in [0.3, 0.4) is 0 Å². The van der Waals surface area contributed by atoms with Gasteiger partial charge in [-0.15, -0.1) is 59.3 Å². The van der Waals surface area contributed by atoms with E-state index in [1.54, 1.807) is 0 Å².